The van der Waals surface area contributed by atoms with Gasteiger partial charge in [-0.15, -0.1) is 0 Å². The number of aromatic nitrogens is 4. The van der Waals surface area contributed by atoms with E-state index in [1.54, 1.807) is 6.20 Å². The SMILES string of the molecule is Cn1cc2cc(-c3ccnc(N[C@H]4CC[C@H](OC(=O)NC(C)(C)C)C4)n3)ccc2n1. The predicted octanol–water partition coefficient (Wildman–Crippen LogP) is 3.89. The molecule has 0 saturated heterocycles. The molecule has 158 valence electrons. The van der Waals surface area contributed by atoms with Crippen LogP contribution in [0.4, 0.5) is 10.7 Å². The molecule has 1 saturated carbocycles. The predicted molar refractivity (Wildman–Crippen MR) is 116 cm³/mol. The minimum absolute atomic E-state index is 0.0963. The van der Waals surface area contributed by atoms with Crippen LogP contribution >= 0.6 is 0 Å². The van der Waals surface area contributed by atoms with Gasteiger partial charge in [-0.2, -0.15) is 5.10 Å². The molecule has 0 bridgehead atoms. The van der Waals surface area contributed by atoms with Crippen molar-refractivity contribution in [1.82, 2.24) is 25.1 Å². The van der Waals surface area contributed by atoms with Crippen molar-refractivity contribution >= 4 is 22.9 Å². The van der Waals surface area contributed by atoms with E-state index in [9.17, 15) is 4.79 Å². The number of carbonyl (C=O) groups excluding carboxylic acids is 1. The number of hydrogen-bond acceptors (Lipinski definition) is 6. The van der Waals surface area contributed by atoms with Crippen molar-refractivity contribution in [2.24, 2.45) is 7.05 Å². The number of fused-ring (bicyclic) bond motifs is 1. The third-order valence-corrected chi connectivity index (χ3v) is 5.04. The summed E-state index contributed by atoms with van der Waals surface area (Å²) in [6.07, 6.45) is 5.77. The first-order valence-electron chi connectivity index (χ1n) is 10.3. The lowest BCUT2D eigenvalue weighted by Gasteiger charge is -2.22. The van der Waals surface area contributed by atoms with Gasteiger partial charge in [-0.3, -0.25) is 4.68 Å². The van der Waals surface area contributed by atoms with Crippen LogP contribution in [0, 0.1) is 0 Å². The topological polar surface area (TPSA) is 94.0 Å². The van der Waals surface area contributed by atoms with E-state index in [1.807, 2.05) is 56.9 Å². The summed E-state index contributed by atoms with van der Waals surface area (Å²) in [5, 5.41) is 11.7. The molecule has 0 spiro atoms. The van der Waals surface area contributed by atoms with E-state index in [-0.39, 0.29) is 23.8 Å². The molecule has 0 radical (unpaired) electrons. The lowest BCUT2D eigenvalue weighted by atomic mass is 10.1. The average molecular weight is 409 g/mol. The van der Waals surface area contributed by atoms with Crippen LogP contribution < -0.4 is 10.6 Å². The highest BCUT2D eigenvalue weighted by Gasteiger charge is 2.29. The maximum atomic E-state index is 12.0. The molecule has 4 rings (SSSR count). The van der Waals surface area contributed by atoms with Crippen LogP contribution in [0.25, 0.3) is 22.2 Å². The Morgan fingerprint density at radius 2 is 2.07 bits per heavy atom. The fourth-order valence-corrected chi connectivity index (χ4v) is 3.75. The monoisotopic (exact) mass is 408 g/mol. The second kappa shape index (κ2) is 7.93. The number of benzene rings is 1. The van der Waals surface area contributed by atoms with Crippen molar-refractivity contribution < 1.29 is 9.53 Å². The highest BCUT2D eigenvalue weighted by Crippen LogP contribution is 2.26. The van der Waals surface area contributed by atoms with Crippen LogP contribution in [0.15, 0.2) is 36.7 Å². The van der Waals surface area contributed by atoms with E-state index in [1.165, 1.54) is 0 Å². The summed E-state index contributed by atoms with van der Waals surface area (Å²) in [7, 11) is 1.91. The van der Waals surface area contributed by atoms with E-state index in [0.717, 1.165) is 41.4 Å². The van der Waals surface area contributed by atoms with Gasteiger partial charge in [0, 0.05) is 48.4 Å². The van der Waals surface area contributed by atoms with Crippen molar-refractivity contribution in [3.05, 3.63) is 36.7 Å². The molecule has 30 heavy (non-hydrogen) atoms. The van der Waals surface area contributed by atoms with E-state index in [2.05, 4.69) is 31.8 Å². The van der Waals surface area contributed by atoms with E-state index < -0.39 is 0 Å². The molecular weight excluding hydrogens is 380 g/mol. The zero-order valence-electron chi connectivity index (χ0n) is 17.8. The Morgan fingerprint density at radius 3 is 2.87 bits per heavy atom. The zero-order chi connectivity index (χ0) is 21.3. The molecule has 1 aliphatic carbocycles. The molecule has 0 unspecified atom stereocenters. The molecule has 1 aliphatic rings. The first-order chi connectivity index (χ1) is 14.2. The van der Waals surface area contributed by atoms with Gasteiger partial charge < -0.3 is 15.4 Å². The standard InChI is InChI=1S/C22H28N6O2/c1-22(2,3)26-21(29)30-17-7-6-16(12-17)24-20-23-10-9-18(25-20)14-5-8-19-15(11-14)13-28(4)27-19/h5,8-11,13,16-17H,6-7,12H2,1-4H3,(H,26,29)(H,23,24,25)/t16-,17-/m0/s1. The molecular formula is C22H28N6O2. The maximum absolute atomic E-state index is 12.0. The molecule has 8 heteroatoms. The molecule has 0 aliphatic heterocycles. The van der Waals surface area contributed by atoms with Crippen LogP contribution in [0.1, 0.15) is 40.0 Å². The van der Waals surface area contributed by atoms with E-state index in [4.69, 9.17) is 4.74 Å². The number of nitrogens with one attached hydrogen (secondary N) is 2. The molecule has 1 aromatic carbocycles. The summed E-state index contributed by atoms with van der Waals surface area (Å²) in [5.41, 5.74) is 2.53. The van der Waals surface area contributed by atoms with Gasteiger partial charge in [-0.25, -0.2) is 14.8 Å². The fraction of sp³-hybridized carbons (Fsp3) is 0.455. The first kappa shape index (κ1) is 20.1. The quantitative estimate of drug-likeness (QED) is 0.680. The van der Waals surface area contributed by atoms with Crippen molar-refractivity contribution in [2.75, 3.05) is 5.32 Å². The minimum Gasteiger partial charge on any atom is -0.446 e. The molecule has 2 N–H and O–H groups in total. The van der Waals surface area contributed by atoms with Gasteiger partial charge in [0.25, 0.3) is 0 Å². The Bertz CT molecular complexity index is 1060. The Balaban J connectivity index is 1.39. The molecule has 1 amide bonds. The van der Waals surface area contributed by atoms with Gasteiger partial charge in [0.15, 0.2) is 0 Å². The van der Waals surface area contributed by atoms with Crippen LogP contribution in [0.5, 0.6) is 0 Å². The summed E-state index contributed by atoms with van der Waals surface area (Å²) in [4.78, 5) is 21.0. The van der Waals surface area contributed by atoms with E-state index in [0.29, 0.717) is 5.95 Å². The number of rotatable bonds is 4. The smallest absolute Gasteiger partial charge is 0.407 e. The van der Waals surface area contributed by atoms with Gasteiger partial charge in [-0.1, -0.05) is 6.07 Å². The molecule has 3 aromatic rings. The van der Waals surface area contributed by atoms with Gasteiger partial charge >= 0.3 is 6.09 Å². The van der Waals surface area contributed by atoms with Gasteiger partial charge in [0.2, 0.25) is 5.95 Å². The largest absolute Gasteiger partial charge is 0.446 e. The fourth-order valence-electron chi connectivity index (χ4n) is 3.75. The van der Waals surface area contributed by atoms with Crippen molar-refractivity contribution in [3.8, 4) is 11.3 Å². The highest BCUT2D eigenvalue weighted by molar-refractivity contribution is 5.83. The number of aryl methyl sites for hydroxylation is 1. The van der Waals surface area contributed by atoms with Crippen molar-refractivity contribution in [1.29, 1.82) is 0 Å². The zero-order valence-corrected chi connectivity index (χ0v) is 17.8. The molecule has 1 fully saturated rings. The molecule has 2 aromatic heterocycles. The second-order valence-corrected chi connectivity index (χ2v) is 8.90. The number of amides is 1. The van der Waals surface area contributed by atoms with Crippen LogP contribution in [-0.4, -0.2) is 43.5 Å². The summed E-state index contributed by atoms with van der Waals surface area (Å²) >= 11 is 0. The minimum atomic E-state index is -0.364. The summed E-state index contributed by atoms with van der Waals surface area (Å²) in [6.45, 7) is 5.80. The van der Waals surface area contributed by atoms with Crippen molar-refractivity contribution in [2.45, 2.75) is 57.7 Å². The third kappa shape index (κ3) is 4.87. The number of alkyl carbamates (subject to hydrolysis) is 1. The summed E-state index contributed by atoms with van der Waals surface area (Å²) < 4.78 is 7.36. The lowest BCUT2D eigenvalue weighted by Crippen LogP contribution is -2.42. The number of anilines is 1. The Kier molecular flexibility index (Phi) is 5.32. The van der Waals surface area contributed by atoms with E-state index >= 15 is 0 Å². The normalized spacial score (nSPS) is 19.1. The summed E-state index contributed by atoms with van der Waals surface area (Å²) in [6, 6.07) is 8.19. The Hall–Kier alpha value is -3.16. The number of hydrogen-bond donors (Lipinski definition) is 2. The second-order valence-electron chi connectivity index (χ2n) is 8.90. The van der Waals surface area contributed by atoms with Crippen LogP contribution in [0.2, 0.25) is 0 Å². The highest BCUT2D eigenvalue weighted by atomic mass is 16.6. The lowest BCUT2D eigenvalue weighted by molar-refractivity contribution is 0.0941. The average Bonchev–Trinajstić information content (AvgIpc) is 3.24. The number of nitrogens with zero attached hydrogens (tertiary/aromatic N) is 4. The van der Waals surface area contributed by atoms with Crippen LogP contribution in [0.3, 0.4) is 0 Å². The van der Waals surface area contributed by atoms with Gasteiger partial charge in [0.05, 0.1) is 11.2 Å². The van der Waals surface area contributed by atoms with Gasteiger partial charge in [0.1, 0.15) is 6.10 Å². The molecule has 2 atom stereocenters. The molecule has 2 heterocycles. The summed E-state index contributed by atoms with van der Waals surface area (Å²) in [5.74, 6) is 0.587. The Morgan fingerprint density at radius 1 is 1.23 bits per heavy atom. The number of carbonyl (C=O) groups is 1. The van der Waals surface area contributed by atoms with Gasteiger partial charge in [-0.05, 0) is 51.8 Å². The van der Waals surface area contributed by atoms with Crippen LogP contribution in [-0.2, 0) is 11.8 Å². The van der Waals surface area contributed by atoms with Crippen molar-refractivity contribution in [3.63, 3.8) is 0 Å². The molecule has 8 nitrogen and oxygen atoms in total. The maximum Gasteiger partial charge on any atom is 0.407 e. The number of ether oxygens (including phenoxy) is 1. The first-order valence-corrected chi connectivity index (χ1v) is 10.3. The Labute approximate surface area is 176 Å². The third-order valence-electron chi connectivity index (χ3n) is 5.04.